The molecule has 2 amide bonds. The van der Waals surface area contributed by atoms with Gasteiger partial charge in [-0.2, -0.15) is 0 Å². The van der Waals surface area contributed by atoms with Crippen molar-refractivity contribution in [1.29, 1.82) is 0 Å². The topological polar surface area (TPSA) is 61.9 Å². The fraction of sp³-hybridized carbons (Fsp3) is 0.259. The molecule has 4 rings (SSSR count). The lowest BCUT2D eigenvalue weighted by atomic mass is 9.99. The molecular weight excluding hydrogens is 414 g/mol. The van der Waals surface area contributed by atoms with Gasteiger partial charge in [0, 0.05) is 26.2 Å². The Labute approximate surface area is 194 Å². The third-order valence-corrected chi connectivity index (χ3v) is 5.77. The monoisotopic (exact) mass is 443 g/mol. The van der Waals surface area contributed by atoms with Crippen molar-refractivity contribution in [1.82, 2.24) is 15.1 Å². The van der Waals surface area contributed by atoms with Crippen LogP contribution in [0.25, 0.3) is 0 Å². The number of amides is 2. The first-order chi connectivity index (χ1) is 16.2. The molecule has 0 saturated carbocycles. The minimum Gasteiger partial charge on any atom is -0.410 e. The first kappa shape index (κ1) is 22.6. The van der Waals surface area contributed by atoms with Crippen LogP contribution in [0.4, 0.5) is 4.79 Å². The van der Waals surface area contributed by atoms with Crippen LogP contribution in [0, 0.1) is 0 Å². The highest BCUT2D eigenvalue weighted by Gasteiger charge is 2.24. The molecule has 33 heavy (non-hydrogen) atoms. The van der Waals surface area contributed by atoms with E-state index in [-0.39, 0.29) is 18.0 Å². The number of nitrogens with zero attached hydrogens (tertiary/aromatic N) is 2. The lowest BCUT2D eigenvalue weighted by Gasteiger charge is -2.33. The maximum Gasteiger partial charge on any atom is 0.415 e. The molecular formula is C27H29N3O3. The molecule has 1 aliphatic rings. The molecule has 3 aromatic carbocycles. The first-order valence-electron chi connectivity index (χ1n) is 11.3. The van der Waals surface area contributed by atoms with Crippen LogP contribution in [0.5, 0.6) is 5.75 Å². The summed E-state index contributed by atoms with van der Waals surface area (Å²) < 4.78 is 5.42. The summed E-state index contributed by atoms with van der Waals surface area (Å²) >= 11 is 0. The fourth-order valence-electron chi connectivity index (χ4n) is 3.97. The molecule has 0 aliphatic carbocycles. The zero-order valence-electron chi connectivity index (χ0n) is 18.6. The van der Waals surface area contributed by atoms with Crippen molar-refractivity contribution in [3.8, 4) is 5.75 Å². The Hall–Kier alpha value is -3.64. The summed E-state index contributed by atoms with van der Waals surface area (Å²) in [6.07, 6.45) is 0.382. The van der Waals surface area contributed by atoms with Crippen molar-refractivity contribution in [3.05, 3.63) is 102 Å². The van der Waals surface area contributed by atoms with E-state index in [2.05, 4.69) is 22.3 Å². The van der Waals surface area contributed by atoms with E-state index in [1.165, 1.54) is 5.56 Å². The third kappa shape index (κ3) is 6.67. The molecule has 6 nitrogen and oxygen atoms in total. The molecule has 0 unspecified atom stereocenters. The van der Waals surface area contributed by atoms with Crippen LogP contribution in [0.2, 0.25) is 0 Å². The quantitative estimate of drug-likeness (QED) is 0.602. The molecule has 0 radical (unpaired) electrons. The largest absolute Gasteiger partial charge is 0.415 e. The molecule has 1 saturated heterocycles. The Morgan fingerprint density at radius 1 is 0.788 bits per heavy atom. The Morgan fingerprint density at radius 2 is 1.36 bits per heavy atom. The van der Waals surface area contributed by atoms with Crippen LogP contribution in [-0.4, -0.2) is 54.5 Å². The van der Waals surface area contributed by atoms with Gasteiger partial charge in [-0.1, -0.05) is 78.9 Å². The van der Waals surface area contributed by atoms with Crippen molar-refractivity contribution in [2.45, 2.75) is 12.5 Å². The van der Waals surface area contributed by atoms with Crippen LogP contribution in [0.1, 0.15) is 17.2 Å². The van der Waals surface area contributed by atoms with Crippen LogP contribution in [-0.2, 0) is 11.2 Å². The van der Waals surface area contributed by atoms with Gasteiger partial charge in [0.15, 0.2) is 0 Å². The van der Waals surface area contributed by atoms with Gasteiger partial charge in [0.2, 0.25) is 5.91 Å². The maximum absolute atomic E-state index is 12.9. The van der Waals surface area contributed by atoms with E-state index < -0.39 is 0 Å². The van der Waals surface area contributed by atoms with E-state index in [9.17, 15) is 9.59 Å². The standard InChI is InChI=1S/C27H29N3O3/c31-26(28-25(23-12-6-2-7-13-23)20-22-10-4-1-5-11-22)21-29-16-18-30(19-17-29)27(32)33-24-14-8-3-9-15-24/h1-15,25H,16-21H2,(H,28,31)/t25-/m0/s1. The van der Waals surface area contributed by atoms with E-state index in [0.717, 1.165) is 12.0 Å². The predicted molar refractivity (Wildman–Crippen MR) is 128 cm³/mol. The highest BCUT2D eigenvalue weighted by molar-refractivity contribution is 5.78. The molecule has 0 aromatic heterocycles. The summed E-state index contributed by atoms with van der Waals surface area (Å²) in [6, 6.07) is 29.2. The van der Waals surface area contributed by atoms with Crippen LogP contribution >= 0.6 is 0 Å². The number of para-hydroxylation sites is 1. The third-order valence-electron chi connectivity index (χ3n) is 5.77. The van der Waals surface area contributed by atoms with Gasteiger partial charge in [-0.3, -0.25) is 9.69 Å². The Balaban J connectivity index is 1.29. The number of hydrogen-bond acceptors (Lipinski definition) is 4. The number of nitrogens with one attached hydrogen (secondary N) is 1. The average molecular weight is 444 g/mol. The van der Waals surface area contributed by atoms with E-state index in [0.29, 0.717) is 38.5 Å². The maximum atomic E-state index is 12.9. The average Bonchev–Trinajstić information content (AvgIpc) is 2.86. The van der Waals surface area contributed by atoms with Crippen molar-refractivity contribution < 1.29 is 14.3 Å². The van der Waals surface area contributed by atoms with Gasteiger partial charge in [0.1, 0.15) is 5.75 Å². The fourth-order valence-corrected chi connectivity index (χ4v) is 3.97. The van der Waals surface area contributed by atoms with Crippen LogP contribution in [0.3, 0.4) is 0 Å². The highest BCUT2D eigenvalue weighted by atomic mass is 16.6. The summed E-state index contributed by atoms with van der Waals surface area (Å²) in [4.78, 5) is 29.0. The van der Waals surface area contributed by atoms with E-state index in [4.69, 9.17) is 4.74 Å². The van der Waals surface area contributed by atoms with E-state index in [1.54, 1.807) is 17.0 Å². The van der Waals surface area contributed by atoms with E-state index in [1.807, 2.05) is 66.7 Å². The van der Waals surface area contributed by atoms with Gasteiger partial charge in [-0.25, -0.2) is 4.79 Å². The molecule has 3 aromatic rings. The second kappa shape index (κ2) is 11.3. The van der Waals surface area contributed by atoms with Crippen molar-refractivity contribution in [3.63, 3.8) is 0 Å². The lowest BCUT2D eigenvalue weighted by Crippen LogP contribution is -2.52. The van der Waals surface area contributed by atoms with Gasteiger partial charge >= 0.3 is 6.09 Å². The van der Waals surface area contributed by atoms with Gasteiger partial charge in [0.05, 0.1) is 12.6 Å². The predicted octanol–water partition coefficient (Wildman–Crippen LogP) is 3.90. The van der Waals surface area contributed by atoms with Gasteiger partial charge in [0.25, 0.3) is 0 Å². The smallest absolute Gasteiger partial charge is 0.410 e. The molecule has 1 heterocycles. The Kier molecular flexibility index (Phi) is 7.72. The second-order valence-electron chi connectivity index (χ2n) is 8.16. The molecule has 6 heteroatoms. The zero-order chi connectivity index (χ0) is 22.9. The van der Waals surface area contributed by atoms with E-state index >= 15 is 0 Å². The minimum atomic E-state index is -0.350. The normalized spacial score (nSPS) is 15.0. The van der Waals surface area contributed by atoms with Gasteiger partial charge in [-0.15, -0.1) is 0 Å². The van der Waals surface area contributed by atoms with Crippen molar-refractivity contribution in [2.75, 3.05) is 32.7 Å². The van der Waals surface area contributed by atoms with Crippen LogP contribution in [0.15, 0.2) is 91.0 Å². The highest BCUT2D eigenvalue weighted by Crippen LogP contribution is 2.18. The Bertz CT molecular complexity index is 1020. The molecule has 1 N–H and O–H groups in total. The number of carbonyl (C=O) groups excluding carboxylic acids is 2. The second-order valence-corrected chi connectivity index (χ2v) is 8.16. The number of hydrogen-bond donors (Lipinski definition) is 1. The summed E-state index contributed by atoms with van der Waals surface area (Å²) in [5.41, 5.74) is 2.26. The molecule has 1 aliphatic heterocycles. The molecule has 1 atom stereocenters. The number of carbonyl (C=O) groups is 2. The number of rotatable bonds is 7. The molecule has 170 valence electrons. The summed E-state index contributed by atoms with van der Waals surface area (Å²) in [7, 11) is 0. The number of benzene rings is 3. The molecule has 1 fully saturated rings. The SMILES string of the molecule is O=C(CN1CCN(C(=O)Oc2ccccc2)CC1)N[C@@H](Cc1ccccc1)c1ccccc1. The minimum absolute atomic E-state index is 0.0138. The number of ether oxygens (including phenoxy) is 1. The first-order valence-corrected chi connectivity index (χ1v) is 11.3. The summed E-state index contributed by atoms with van der Waals surface area (Å²) in [6.45, 7) is 2.63. The van der Waals surface area contributed by atoms with Crippen molar-refractivity contribution >= 4 is 12.0 Å². The number of piperazine rings is 1. The van der Waals surface area contributed by atoms with Crippen molar-refractivity contribution in [2.24, 2.45) is 0 Å². The lowest BCUT2D eigenvalue weighted by molar-refractivity contribution is -0.123. The summed E-state index contributed by atoms with van der Waals surface area (Å²) in [5.74, 6) is 0.523. The molecule has 0 spiro atoms. The Morgan fingerprint density at radius 3 is 2.00 bits per heavy atom. The molecule has 0 bridgehead atoms. The van der Waals surface area contributed by atoms with Gasteiger partial charge < -0.3 is 15.0 Å². The summed E-state index contributed by atoms with van der Waals surface area (Å²) in [5, 5.41) is 3.21. The van der Waals surface area contributed by atoms with Gasteiger partial charge in [-0.05, 0) is 29.7 Å². The zero-order valence-corrected chi connectivity index (χ0v) is 18.6. The van der Waals surface area contributed by atoms with Crippen LogP contribution < -0.4 is 10.1 Å².